The summed E-state index contributed by atoms with van der Waals surface area (Å²) in [5.74, 6) is -3.44. The molecule has 0 bridgehead atoms. The number of aliphatic carboxylic acids is 1. The number of carboxylic acid groups (broad SMARTS) is 1. The minimum Gasteiger partial charge on any atom is -0.477 e. The van der Waals surface area contributed by atoms with Crippen molar-refractivity contribution >= 4 is 12.3 Å². The molecule has 0 unspecified atom stereocenters. The largest absolute Gasteiger partial charge is 0.477 e. The third-order valence-electron chi connectivity index (χ3n) is 1.37. The van der Waals surface area contributed by atoms with Gasteiger partial charge < -0.3 is 14.6 Å². The molecule has 0 radical (unpaired) electrons. The van der Waals surface area contributed by atoms with Gasteiger partial charge in [-0.15, -0.1) is 0 Å². The van der Waals surface area contributed by atoms with E-state index in [0.29, 0.717) is 6.42 Å². The van der Waals surface area contributed by atoms with Crippen LogP contribution in [-0.4, -0.2) is 36.4 Å². The number of rotatable bonds is 2. The Hall–Kier alpha value is -0.940. The Bertz CT molecular complexity index is 170. The highest BCUT2D eigenvalue weighted by atomic mass is 16.7. The molecule has 1 fully saturated rings. The number of hydrogen-bond acceptors (Lipinski definition) is 4. The van der Waals surface area contributed by atoms with E-state index < -0.39 is 11.8 Å². The van der Waals surface area contributed by atoms with Gasteiger partial charge in [0.25, 0.3) is 0 Å². The number of carbonyl (C=O) groups excluding carboxylic acids is 1. The number of carbonyl (C=O) groups is 2. The van der Waals surface area contributed by atoms with Crippen molar-refractivity contribution in [3.63, 3.8) is 0 Å². The molecule has 0 aromatic carbocycles. The zero-order chi connectivity index (χ0) is 8.32. The van der Waals surface area contributed by atoms with Crippen LogP contribution in [0.25, 0.3) is 0 Å². The summed E-state index contributed by atoms with van der Waals surface area (Å²) in [6, 6.07) is 0. The minimum absolute atomic E-state index is 0.161. The van der Waals surface area contributed by atoms with Gasteiger partial charge in [0.15, 0.2) is 6.29 Å². The average molecular weight is 160 g/mol. The third-order valence-corrected chi connectivity index (χ3v) is 1.37. The molecule has 1 saturated heterocycles. The van der Waals surface area contributed by atoms with E-state index in [-0.39, 0.29) is 19.5 Å². The molecule has 0 aliphatic carbocycles. The summed E-state index contributed by atoms with van der Waals surface area (Å²) in [7, 11) is 0. The highest BCUT2D eigenvalue weighted by Crippen LogP contribution is 2.16. The molecule has 0 saturated carbocycles. The number of hydrogen-bond donors (Lipinski definition) is 1. The lowest BCUT2D eigenvalue weighted by Crippen LogP contribution is -2.49. The molecule has 1 heterocycles. The van der Waals surface area contributed by atoms with Crippen molar-refractivity contribution in [2.45, 2.75) is 12.2 Å². The van der Waals surface area contributed by atoms with E-state index in [1.54, 1.807) is 0 Å². The quantitative estimate of drug-likeness (QED) is 0.431. The Kier molecular flexibility index (Phi) is 2.21. The predicted molar refractivity (Wildman–Crippen MR) is 33.0 cm³/mol. The van der Waals surface area contributed by atoms with Gasteiger partial charge >= 0.3 is 11.8 Å². The van der Waals surface area contributed by atoms with Crippen LogP contribution in [0.5, 0.6) is 0 Å². The van der Waals surface area contributed by atoms with E-state index in [4.69, 9.17) is 5.11 Å². The normalized spacial score (nSPS) is 22.5. The zero-order valence-electron chi connectivity index (χ0n) is 5.78. The monoisotopic (exact) mass is 160 g/mol. The summed E-state index contributed by atoms with van der Waals surface area (Å²) < 4.78 is 9.37. The Labute approximate surface area is 62.9 Å². The lowest BCUT2D eigenvalue weighted by atomic mass is 10.3. The van der Waals surface area contributed by atoms with Crippen LogP contribution >= 0.6 is 0 Å². The smallest absolute Gasteiger partial charge is 0.372 e. The minimum atomic E-state index is -2.04. The summed E-state index contributed by atoms with van der Waals surface area (Å²) in [5.41, 5.74) is 0. The lowest BCUT2D eigenvalue weighted by Gasteiger charge is -2.27. The molecule has 1 N–H and O–H groups in total. The molecule has 0 amide bonds. The Balaban J connectivity index is 2.72. The van der Waals surface area contributed by atoms with Crippen molar-refractivity contribution in [2.24, 2.45) is 0 Å². The van der Waals surface area contributed by atoms with Crippen molar-refractivity contribution in [2.75, 3.05) is 13.2 Å². The Morgan fingerprint density at radius 3 is 2.27 bits per heavy atom. The van der Waals surface area contributed by atoms with E-state index in [1.165, 1.54) is 0 Å². The fourth-order valence-corrected chi connectivity index (χ4v) is 0.790. The van der Waals surface area contributed by atoms with Crippen LogP contribution in [0.4, 0.5) is 0 Å². The second-order valence-corrected chi connectivity index (χ2v) is 2.14. The molecule has 0 aromatic rings. The molecule has 1 rings (SSSR count). The molecule has 62 valence electrons. The molecule has 0 aromatic heterocycles. The lowest BCUT2D eigenvalue weighted by molar-refractivity contribution is -0.248. The summed E-state index contributed by atoms with van der Waals surface area (Å²) in [6.45, 7) is 0.482. The first kappa shape index (κ1) is 8.16. The van der Waals surface area contributed by atoms with Crippen LogP contribution in [0.3, 0.4) is 0 Å². The standard InChI is InChI=1S/C6H8O5/c7-4-6(5(8)9)10-2-1-3-11-6/h4H,1-3H2,(H,8,9). The van der Waals surface area contributed by atoms with Gasteiger partial charge in [0.05, 0.1) is 13.2 Å². The Morgan fingerprint density at radius 1 is 1.45 bits per heavy atom. The highest BCUT2D eigenvalue weighted by molar-refractivity contribution is 5.93. The topological polar surface area (TPSA) is 72.8 Å². The van der Waals surface area contributed by atoms with Crippen LogP contribution in [0.2, 0.25) is 0 Å². The van der Waals surface area contributed by atoms with E-state index in [1.807, 2.05) is 0 Å². The average Bonchev–Trinajstić information content (AvgIpc) is 2.05. The first-order chi connectivity index (χ1) is 5.21. The van der Waals surface area contributed by atoms with Gasteiger partial charge in [-0.2, -0.15) is 0 Å². The second-order valence-electron chi connectivity index (χ2n) is 2.14. The number of ether oxygens (including phenoxy) is 2. The SMILES string of the molecule is O=CC1(C(=O)O)OCCCO1. The molecule has 0 atom stereocenters. The molecular formula is C6H8O5. The maximum atomic E-state index is 10.4. The van der Waals surface area contributed by atoms with Gasteiger partial charge in [0, 0.05) is 0 Å². The summed E-state index contributed by atoms with van der Waals surface area (Å²) in [4.78, 5) is 20.7. The van der Waals surface area contributed by atoms with Gasteiger partial charge in [-0.05, 0) is 6.42 Å². The molecule has 5 heteroatoms. The van der Waals surface area contributed by atoms with Gasteiger partial charge in [-0.25, -0.2) is 4.79 Å². The third kappa shape index (κ3) is 1.38. The zero-order valence-corrected chi connectivity index (χ0v) is 5.78. The van der Waals surface area contributed by atoms with Gasteiger partial charge in [-0.1, -0.05) is 0 Å². The van der Waals surface area contributed by atoms with E-state index >= 15 is 0 Å². The van der Waals surface area contributed by atoms with Crippen LogP contribution in [0.1, 0.15) is 6.42 Å². The van der Waals surface area contributed by atoms with Crippen LogP contribution in [-0.2, 0) is 19.1 Å². The van der Waals surface area contributed by atoms with Gasteiger partial charge in [0.1, 0.15) is 0 Å². The molecule has 1 aliphatic rings. The molecule has 0 spiro atoms. The molecule has 11 heavy (non-hydrogen) atoms. The Morgan fingerprint density at radius 2 is 2.00 bits per heavy atom. The molecular weight excluding hydrogens is 152 g/mol. The fraction of sp³-hybridized carbons (Fsp3) is 0.667. The first-order valence-corrected chi connectivity index (χ1v) is 3.19. The summed E-state index contributed by atoms with van der Waals surface area (Å²) in [6.07, 6.45) is 0.775. The highest BCUT2D eigenvalue weighted by Gasteiger charge is 2.43. The van der Waals surface area contributed by atoms with Crippen LogP contribution < -0.4 is 0 Å². The van der Waals surface area contributed by atoms with E-state index in [9.17, 15) is 9.59 Å². The molecule has 1 aliphatic heterocycles. The fourth-order valence-electron chi connectivity index (χ4n) is 0.790. The van der Waals surface area contributed by atoms with Crippen LogP contribution in [0.15, 0.2) is 0 Å². The number of aldehydes is 1. The van der Waals surface area contributed by atoms with Crippen molar-refractivity contribution in [3.05, 3.63) is 0 Å². The van der Waals surface area contributed by atoms with Crippen molar-refractivity contribution < 1.29 is 24.2 Å². The van der Waals surface area contributed by atoms with Gasteiger partial charge in [0.2, 0.25) is 0 Å². The van der Waals surface area contributed by atoms with Crippen molar-refractivity contribution in [1.29, 1.82) is 0 Å². The van der Waals surface area contributed by atoms with Crippen LogP contribution in [0, 0.1) is 0 Å². The predicted octanol–water partition coefficient (Wildman–Crippen LogP) is -0.597. The molecule has 5 nitrogen and oxygen atoms in total. The summed E-state index contributed by atoms with van der Waals surface area (Å²) in [5, 5.41) is 8.51. The maximum Gasteiger partial charge on any atom is 0.372 e. The van der Waals surface area contributed by atoms with E-state index in [0.717, 1.165) is 0 Å². The second kappa shape index (κ2) is 2.98. The van der Waals surface area contributed by atoms with Gasteiger partial charge in [-0.3, -0.25) is 4.79 Å². The number of carboxylic acids is 1. The first-order valence-electron chi connectivity index (χ1n) is 3.19. The van der Waals surface area contributed by atoms with Crippen molar-refractivity contribution in [1.82, 2.24) is 0 Å². The van der Waals surface area contributed by atoms with Crippen molar-refractivity contribution in [3.8, 4) is 0 Å². The van der Waals surface area contributed by atoms with E-state index in [2.05, 4.69) is 9.47 Å². The summed E-state index contributed by atoms with van der Waals surface area (Å²) >= 11 is 0. The maximum absolute atomic E-state index is 10.4.